The van der Waals surface area contributed by atoms with E-state index in [4.69, 9.17) is 9.15 Å². The van der Waals surface area contributed by atoms with Crippen LogP contribution in [0.15, 0.2) is 28.7 Å². The van der Waals surface area contributed by atoms with Gasteiger partial charge in [-0.25, -0.2) is 9.78 Å². The Morgan fingerprint density at radius 2 is 1.91 bits per heavy atom. The smallest absolute Gasteiger partial charge is 0.451 e. The van der Waals surface area contributed by atoms with Gasteiger partial charge in [-0.05, 0) is 44.2 Å². The Morgan fingerprint density at radius 1 is 1.24 bits per heavy atom. The number of amides is 1. The Kier molecular flexibility index (Phi) is 8.01. The zero-order valence-corrected chi connectivity index (χ0v) is 19.3. The molecule has 1 heterocycles. The number of alkyl halides is 3. The van der Waals surface area contributed by atoms with Gasteiger partial charge in [-0.15, -0.1) is 0 Å². The summed E-state index contributed by atoms with van der Waals surface area (Å²) in [6.45, 7) is 4.86. The van der Waals surface area contributed by atoms with Crippen molar-refractivity contribution in [3.63, 3.8) is 0 Å². The van der Waals surface area contributed by atoms with Crippen LogP contribution in [0.3, 0.4) is 0 Å². The number of aryl methyl sites for hydroxylation is 1. The van der Waals surface area contributed by atoms with Gasteiger partial charge in [-0.2, -0.15) is 13.2 Å². The van der Waals surface area contributed by atoms with Gasteiger partial charge >= 0.3 is 12.1 Å². The Labute approximate surface area is 195 Å². The summed E-state index contributed by atoms with van der Waals surface area (Å²) in [5.41, 5.74) is 1.03. The lowest BCUT2D eigenvalue weighted by atomic mass is 9.86. The van der Waals surface area contributed by atoms with Crippen molar-refractivity contribution in [2.45, 2.75) is 71.4 Å². The van der Waals surface area contributed by atoms with Crippen LogP contribution in [0.2, 0.25) is 0 Å². The second-order valence-corrected chi connectivity index (χ2v) is 9.02. The molecule has 10 heteroatoms. The summed E-state index contributed by atoms with van der Waals surface area (Å²) in [4.78, 5) is 28.0. The SMILES string of the molecule is Cc1ccc(-c2nc(COC3CCCC(C(=O)N[C@H](C(=O)O)C(C)C)C3)c(C(F)(F)F)o2)cc1. The first-order valence-corrected chi connectivity index (χ1v) is 11.2. The maximum atomic E-state index is 13.5. The van der Waals surface area contributed by atoms with Gasteiger partial charge in [0.1, 0.15) is 11.7 Å². The van der Waals surface area contributed by atoms with E-state index in [0.717, 1.165) is 5.56 Å². The average molecular weight is 482 g/mol. The summed E-state index contributed by atoms with van der Waals surface area (Å²) in [5, 5.41) is 11.9. The lowest BCUT2D eigenvalue weighted by Gasteiger charge is -2.29. The molecule has 1 saturated carbocycles. The molecule has 3 rings (SSSR count). The average Bonchev–Trinajstić information content (AvgIpc) is 3.21. The topological polar surface area (TPSA) is 102 Å². The highest BCUT2D eigenvalue weighted by Crippen LogP contribution is 2.36. The van der Waals surface area contributed by atoms with E-state index in [1.54, 1.807) is 38.1 Å². The fourth-order valence-corrected chi connectivity index (χ4v) is 4.01. The van der Waals surface area contributed by atoms with E-state index in [1.165, 1.54) is 0 Å². The first-order valence-electron chi connectivity index (χ1n) is 11.2. The Balaban J connectivity index is 1.68. The molecule has 0 aliphatic heterocycles. The number of oxazole rings is 1. The number of nitrogens with zero attached hydrogens (tertiary/aromatic N) is 1. The van der Waals surface area contributed by atoms with Gasteiger partial charge in [0.2, 0.25) is 17.6 Å². The fraction of sp³-hybridized carbons (Fsp3) is 0.542. The number of aliphatic carboxylic acids is 1. The molecule has 0 saturated heterocycles. The molecule has 0 spiro atoms. The van der Waals surface area contributed by atoms with Crippen LogP contribution in [-0.2, 0) is 27.1 Å². The zero-order chi connectivity index (χ0) is 25.0. The number of aromatic nitrogens is 1. The van der Waals surface area contributed by atoms with E-state index in [2.05, 4.69) is 10.3 Å². The van der Waals surface area contributed by atoms with Crippen LogP contribution in [0.4, 0.5) is 13.2 Å². The molecule has 186 valence electrons. The number of halogens is 3. The van der Waals surface area contributed by atoms with Gasteiger partial charge in [0, 0.05) is 11.5 Å². The number of carbonyl (C=O) groups is 2. The molecule has 1 fully saturated rings. The molecule has 2 unspecified atom stereocenters. The summed E-state index contributed by atoms with van der Waals surface area (Å²) in [6.07, 6.45) is -3.10. The monoisotopic (exact) mass is 482 g/mol. The molecule has 1 amide bonds. The molecule has 0 bridgehead atoms. The van der Waals surface area contributed by atoms with Crippen molar-refractivity contribution < 1.29 is 37.0 Å². The van der Waals surface area contributed by atoms with Crippen molar-refractivity contribution in [1.29, 1.82) is 0 Å². The van der Waals surface area contributed by atoms with Crippen LogP contribution in [0.1, 0.15) is 56.5 Å². The van der Waals surface area contributed by atoms with Crippen LogP contribution in [0.25, 0.3) is 11.5 Å². The van der Waals surface area contributed by atoms with Crippen molar-refractivity contribution in [2.75, 3.05) is 0 Å². The highest BCUT2D eigenvalue weighted by atomic mass is 19.4. The highest BCUT2D eigenvalue weighted by Gasteiger charge is 2.40. The summed E-state index contributed by atoms with van der Waals surface area (Å²) in [6, 6.07) is 5.78. The number of rotatable bonds is 8. The lowest BCUT2D eigenvalue weighted by molar-refractivity contribution is -0.154. The molecule has 34 heavy (non-hydrogen) atoms. The van der Waals surface area contributed by atoms with Crippen molar-refractivity contribution in [3.8, 4) is 11.5 Å². The Morgan fingerprint density at radius 3 is 2.50 bits per heavy atom. The number of hydrogen-bond donors (Lipinski definition) is 2. The Hall–Kier alpha value is -2.88. The van der Waals surface area contributed by atoms with Crippen LogP contribution in [-0.4, -0.2) is 34.1 Å². The quantitative estimate of drug-likeness (QED) is 0.551. The number of carboxylic acid groups (broad SMARTS) is 1. The molecule has 3 atom stereocenters. The van der Waals surface area contributed by atoms with Crippen LogP contribution in [0.5, 0.6) is 0 Å². The maximum Gasteiger partial charge on any atom is 0.451 e. The first kappa shape index (κ1) is 25.7. The van der Waals surface area contributed by atoms with Gasteiger partial charge in [-0.1, -0.05) is 38.0 Å². The number of nitrogens with one attached hydrogen (secondary N) is 1. The second-order valence-electron chi connectivity index (χ2n) is 9.02. The number of hydrogen-bond acceptors (Lipinski definition) is 5. The van der Waals surface area contributed by atoms with E-state index in [9.17, 15) is 27.9 Å². The van der Waals surface area contributed by atoms with Crippen molar-refractivity contribution >= 4 is 11.9 Å². The number of benzene rings is 1. The van der Waals surface area contributed by atoms with E-state index in [1.807, 2.05) is 6.92 Å². The third-order valence-corrected chi connectivity index (χ3v) is 5.94. The predicted octanol–water partition coefficient (Wildman–Crippen LogP) is 4.97. The minimum Gasteiger partial charge on any atom is -0.480 e. The van der Waals surface area contributed by atoms with E-state index in [-0.39, 0.29) is 23.4 Å². The summed E-state index contributed by atoms with van der Waals surface area (Å²) >= 11 is 0. The maximum absolute atomic E-state index is 13.5. The predicted molar refractivity (Wildman–Crippen MR) is 117 cm³/mol. The van der Waals surface area contributed by atoms with Gasteiger partial charge in [0.05, 0.1) is 12.7 Å². The summed E-state index contributed by atoms with van der Waals surface area (Å²) < 4.78 is 51.4. The second kappa shape index (κ2) is 10.6. The molecular weight excluding hydrogens is 453 g/mol. The molecule has 0 radical (unpaired) electrons. The summed E-state index contributed by atoms with van der Waals surface area (Å²) in [5.74, 6) is -3.58. The van der Waals surface area contributed by atoms with Gasteiger partial charge in [-0.3, -0.25) is 4.79 Å². The van der Waals surface area contributed by atoms with Crippen LogP contribution < -0.4 is 5.32 Å². The highest BCUT2D eigenvalue weighted by molar-refractivity contribution is 5.85. The third kappa shape index (κ3) is 6.37. The van der Waals surface area contributed by atoms with Crippen molar-refractivity contribution in [3.05, 3.63) is 41.3 Å². The molecule has 1 aromatic carbocycles. The zero-order valence-electron chi connectivity index (χ0n) is 19.3. The van der Waals surface area contributed by atoms with Gasteiger partial charge in [0.25, 0.3) is 0 Å². The van der Waals surface area contributed by atoms with E-state index in [0.29, 0.717) is 31.2 Å². The molecule has 2 N–H and O–H groups in total. The fourth-order valence-electron chi connectivity index (χ4n) is 4.01. The van der Waals surface area contributed by atoms with E-state index < -0.39 is 42.6 Å². The number of ether oxygens (including phenoxy) is 1. The number of carbonyl (C=O) groups excluding carboxylic acids is 1. The Bertz CT molecular complexity index is 1000. The van der Waals surface area contributed by atoms with Gasteiger partial charge < -0.3 is 19.6 Å². The third-order valence-electron chi connectivity index (χ3n) is 5.94. The van der Waals surface area contributed by atoms with Crippen LogP contribution in [0, 0.1) is 18.8 Å². The molecule has 7 nitrogen and oxygen atoms in total. The first-order chi connectivity index (χ1) is 16.0. The molecule has 1 aromatic heterocycles. The molecule has 1 aliphatic rings. The largest absolute Gasteiger partial charge is 0.480 e. The standard InChI is InChI=1S/C24H29F3N2O5/c1-13(2)19(23(31)32)29-21(30)16-5-4-6-17(11-16)33-12-18-20(24(25,26)27)34-22(28-18)15-9-7-14(3)8-10-15/h7-10,13,16-17,19H,4-6,11-12H2,1-3H3,(H,29,30)(H,31,32)/t16?,17?,19-/m0/s1. The lowest BCUT2D eigenvalue weighted by Crippen LogP contribution is -2.47. The molecule has 2 aromatic rings. The minimum absolute atomic E-state index is 0.139. The van der Waals surface area contributed by atoms with E-state index >= 15 is 0 Å². The summed E-state index contributed by atoms with van der Waals surface area (Å²) in [7, 11) is 0. The van der Waals surface area contributed by atoms with Crippen molar-refractivity contribution in [1.82, 2.24) is 10.3 Å². The normalized spacial score (nSPS) is 19.7. The minimum atomic E-state index is -4.73. The number of carboxylic acids is 1. The van der Waals surface area contributed by atoms with Crippen LogP contribution >= 0.6 is 0 Å². The molecular formula is C24H29F3N2O5. The van der Waals surface area contributed by atoms with Crippen molar-refractivity contribution in [2.24, 2.45) is 11.8 Å². The van der Waals surface area contributed by atoms with Gasteiger partial charge in [0.15, 0.2) is 0 Å². The molecule has 1 aliphatic carbocycles.